The summed E-state index contributed by atoms with van der Waals surface area (Å²) in [6.07, 6.45) is -1.10. The van der Waals surface area contributed by atoms with Crippen molar-refractivity contribution in [3.8, 4) is 0 Å². The van der Waals surface area contributed by atoms with Crippen LogP contribution in [0, 0.1) is 6.92 Å². The zero-order valence-corrected chi connectivity index (χ0v) is 18.4. The number of anilines is 1. The lowest BCUT2D eigenvalue weighted by molar-refractivity contribution is 0.0934. The largest absolute Gasteiger partial charge is 0.339 e. The van der Waals surface area contributed by atoms with Gasteiger partial charge in [-0.1, -0.05) is 76.2 Å². The second-order valence-electron chi connectivity index (χ2n) is 5.49. The van der Waals surface area contributed by atoms with Gasteiger partial charge in [0.2, 0.25) is 3.79 Å². The molecule has 0 spiro atoms. The molecule has 1 amide bonds. The molecule has 0 aliphatic heterocycles. The minimum atomic E-state index is -1.87. The van der Waals surface area contributed by atoms with Crippen molar-refractivity contribution in [3.63, 3.8) is 0 Å². The highest BCUT2D eigenvalue weighted by Crippen LogP contribution is 2.30. The number of nitrogens with one attached hydrogen (secondary N) is 3. The van der Waals surface area contributed by atoms with Crippen molar-refractivity contribution in [2.24, 2.45) is 0 Å². The molecule has 0 aromatic heterocycles. The van der Waals surface area contributed by atoms with Crippen LogP contribution in [0.4, 0.5) is 5.69 Å². The Morgan fingerprint density at radius 1 is 1.07 bits per heavy atom. The molecule has 0 radical (unpaired) electrons. The number of benzene rings is 2. The molecule has 0 heterocycles. The van der Waals surface area contributed by atoms with E-state index in [0.29, 0.717) is 21.3 Å². The van der Waals surface area contributed by atoms with Crippen LogP contribution in [0.3, 0.4) is 0 Å². The average molecular weight is 486 g/mol. The summed E-state index contributed by atoms with van der Waals surface area (Å²) in [5.41, 5.74) is 1.75. The third-order valence-corrected chi connectivity index (χ3v) is 4.87. The normalized spacial score (nSPS) is 12.2. The molecule has 2 aromatic rings. The van der Waals surface area contributed by atoms with Gasteiger partial charge in [0.15, 0.2) is 5.11 Å². The lowest BCUT2D eigenvalue weighted by atomic mass is 10.1. The number of aryl methyl sites for hydroxylation is 1. The zero-order chi connectivity index (χ0) is 20.2. The average Bonchev–Trinajstić information content (AvgIpc) is 2.56. The first-order valence-electron chi connectivity index (χ1n) is 7.53. The van der Waals surface area contributed by atoms with Crippen LogP contribution < -0.4 is 16.0 Å². The van der Waals surface area contributed by atoms with Gasteiger partial charge in [0, 0.05) is 10.6 Å². The first-order chi connectivity index (χ1) is 12.6. The summed E-state index contributed by atoms with van der Waals surface area (Å²) in [4.78, 5) is 12.5. The minimum absolute atomic E-state index is 0.0978. The Labute approximate surface area is 187 Å². The molecule has 10 heteroatoms. The summed E-state index contributed by atoms with van der Waals surface area (Å²) >= 11 is 35.2. The van der Waals surface area contributed by atoms with E-state index in [2.05, 4.69) is 16.0 Å². The third-order valence-electron chi connectivity index (χ3n) is 3.45. The highest BCUT2D eigenvalue weighted by atomic mass is 35.6. The Morgan fingerprint density at radius 2 is 1.74 bits per heavy atom. The molecule has 27 heavy (non-hydrogen) atoms. The van der Waals surface area contributed by atoms with Crippen molar-refractivity contribution in [1.29, 1.82) is 0 Å². The SMILES string of the molecule is Cc1ccccc1C(=O)NC(NC(=S)Nc1ccc(Cl)cc1Cl)C(Cl)(Cl)Cl. The molecule has 0 aliphatic carbocycles. The Hall–Kier alpha value is -0.950. The van der Waals surface area contributed by atoms with Gasteiger partial charge >= 0.3 is 0 Å². The van der Waals surface area contributed by atoms with Crippen LogP contribution in [0.15, 0.2) is 42.5 Å². The maximum absolute atomic E-state index is 12.5. The van der Waals surface area contributed by atoms with Gasteiger partial charge in [-0.2, -0.15) is 0 Å². The summed E-state index contributed by atoms with van der Waals surface area (Å²) in [6.45, 7) is 1.81. The summed E-state index contributed by atoms with van der Waals surface area (Å²) < 4.78 is -1.87. The van der Waals surface area contributed by atoms with Crippen molar-refractivity contribution in [1.82, 2.24) is 10.6 Å². The summed E-state index contributed by atoms with van der Waals surface area (Å²) in [5.74, 6) is -0.413. The van der Waals surface area contributed by atoms with Crippen molar-refractivity contribution in [2.45, 2.75) is 16.9 Å². The minimum Gasteiger partial charge on any atom is -0.339 e. The molecule has 0 saturated heterocycles. The molecule has 0 fully saturated rings. The number of thiocarbonyl (C=S) groups is 1. The van der Waals surface area contributed by atoms with E-state index in [4.69, 9.17) is 70.2 Å². The van der Waals surface area contributed by atoms with Crippen molar-refractivity contribution in [2.75, 3.05) is 5.32 Å². The molecule has 3 N–H and O–H groups in total. The molecule has 0 bridgehead atoms. The van der Waals surface area contributed by atoms with Crippen molar-refractivity contribution < 1.29 is 4.79 Å². The van der Waals surface area contributed by atoms with Gasteiger partial charge in [-0.05, 0) is 49.0 Å². The van der Waals surface area contributed by atoms with E-state index < -0.39 is 15.9 Å². The van der Waals surface area contributed by atoms with Gasteiger partial charge in [-0.25, -0.2) is 0 Å². The Morgan fingerprint density at radius 3 is 2.33 bits per heavy atom. The molecule has 1 unspecified atom stereocenters. The van der Waals surface area contributed by atoms with E-state index in [1.54, 1.807) is 43.3 Å². The van der Waals surface area contributed by atoms with Gasteiger partial charge in [-0.3, -0.25) is 4.79 Å². The first kappa shape index (κ1) is 22.3. The van der Waals surface area contributed by atoms with E-state index in [0.717, 1.165) is 5.56 Å². The number of carbonyl (C=O) groups is 1. The summed E-state index contributed by atoms with van der Waals surface area (Å²) in [6, 6.07) is 11.9. The maximum atomic E-state index is 12.5. The number of carbonyl (C=O) groups excluding carboxylic acids is 1. The van der Waals surface area contributed by atoms with Gasteiger partial charge in [0.25, 0.3) is 5.91 Å². The van der Waals surface area contributed by atoms with E-state index in [-0.39, 0.29) is 5.11 Å². The van der Waals surface area contributed by atoms with Crippen LogP contribution in [0.1, 0.15) is 15.9 Å². The van der Waals surface area contributed by atoms with E-state index in [9.17, 15) is 4.79 Å². The first-order valence-corrected chi connectivity index (χ1v) is 9.83. The second kappa shape index (κ2) is 9.50. The highest BCUT2D eigenvalue weighted by molar-refractivity contribution is 7.80. The molecule has 1 atom stereocenters. The fourth-order valence-corrected chi connectivity index (χ4v) is 3.13. The van der Waals surface area contributed by atoms with Crippen LogP contribution in [0.2, 0.25) is 10.0 Å². The standard InChI is InChI=1S/C17H14Cl5N3OS/c1-9-4-2-3-5-11(9)14(26)24-15(17(20,21)22)25-16(27)23-13-7-6-10(18)8-12(13)19/h2-8,15H,1H3,(H,24,26)(H2,23,25,27). The van der Waals surface area contributed by atoms with Gasteiger partial charge < -0.3 is 16.0 Å². The number of alkyl halides is 3. The maximum Gasteiger partial charge on any atom is 0.253 e. The predicted molar refractivity (Wildman–Crippen MR) is 119 cm³/mol. The van der Waals surface area contributed by atoms with E-state index in [1.807, 2.05) is 6.07 Å². The zero-order valence-electron chi connectivity index (χ0n) is 13.8. The Bertz CT molecular complexity index is 857. The number of amides is 1. The lowest BCUT2D eigenvalue weighted by Crippen LogP contribution is -2.56. The molecular formula is C17H14Cl5N3OS. The topological polar surface area (TPSA) is 53.2 Å². The Balaban J connectivity index is 2.11. The van der Waals surface area contributed by atoms with Gasteiger partial charge in [0.1, 0.15) is 6.17 Å². The van der Waals surface area contributed by atoms with Crippen LogP contribution in [0.25, 0.3) is 0 Å². The third kappa shape index (κ3) is 6.56. The van der Waals surface area contributed by atoms with E-state index >= 15 is 0 Å². The van der Waals surface area contributed by atoms with Crippen LogP contribution in [-0.4, -0.2) is 21.0 Å². The second-order valence-corrected chi connectivity index (χ2v) is 9.11. The molecule has 4 nitrogen and oxygen atoms in total. The molecular weight excluding hydrogens is 472 g/mol. The quantitative estimate of drug-likeness (QED) is 0.295. The molecule has 0 aliphatic rings. The number of halogens is 5. The van der Waals surface area contributed by atoms with Gasteiger partial charge in [-0.15, -0.1) is 0 Å². The van der Waals surface area contributed by atoms with Crippen LogP contribution >= 0.6 is 70.2 Å². The smallest absolute Gasteiger partial charge is 0.253 e. The molecule has 144 valence electrons. The predicted octanol–water partition coefficient (Wildman–Crippen LogP) is 5.71. The monoisotopic (exact) mass is 483 g/mol. The Kier molecular flexibility index (Phi) is 7.86. The lowest BCUT2D eigenvalue weighted by Gasteiger charge is -2.28. The molecule has 0 saturated carbocycles. The van der Waals surface area contributed by atoms with Gasteiger partial charge in [0.05, 0.1) is 10.7 Å². The fourth-order valence-electron chi connectivity index (χ4n) is 2.12. The van der Waals surface area contributed by atoms with E-state index in [1.165, 1.54) is 0 Å². The van der Waals surface area contributed by atoms with Crippen LogP contribution in [-0.2, 0) is 0 Å². The molecule has 2 rings (SSSR count). The number of hydrogen-bond donors (Lipinski definition) is 3. The number of rotatable bonds is 4. The highest BCUT2D eigenvalue weighted by Gasteiger charge is 2.35. The summed E-state index contributed by atoms with van der Waals surface area (Å²) in [5, 5.41) is 9.20. The number of hydrogen-bond acceptors (Lipinski definition) is 2. The fraction of sp³-hybridized carbons (Fsp3) is 0.176. The summed E-state index contributed by atoms with van der Waals surface area (Å²) in [7, 11) is 0. The van der Waals surface area contributed by atoms with Crippen LogP contribution in [0.5, 0.6) is 0 Å². The molecule has 2 aromatic carbocycles. The van der Waals surface area contributed by atoms with Crippen molar-refractivity contribution in [3.05, 3.63) is 63.6 Å². The van der Waals surface area contributed by atoms with Crippen molar-refractivity contribution >= 4 is 86.9 Å².